The van der Waals surface area contributed by atoms with Crippen molar-refractivity contribution in [1.82, 2.24) is 0 Å². The third-order valence-corrected chi connectivity index (χ3v) is 0.985. The zero-order valence-corrected chi connectivity index (χ0v) is 6.06. The van der Waals surface area contributed by atoms with E-state index in [-0.39, 0.29) is 6.61 Å². The lowest BCUT2D eigenvalue weighted by molar-refractivity contribution is 0.305. The van der Waals surface area contributed by atoms with Gasteiger partial charge in [0, 0.05) is 19.3 Å². The highest BCUT2D eigenvalue weighted by molar-refractivity contribution is 4.99. The van der Waals surface area contributed by atoms with Crippen molar-refractivity contribution >= 4 is 0 Å². The van der Waals surface area contributed by atoms with Gasteiger partial charge in [-0.05, 0) is 6.42 Å². The van der Waals surface area contributed by atoms with Gasteiger partial charge in [-0.2, -0.15) is 0 Å². The number of hydrogen-bond donors (Lipinski definition) is 1. The summed E-state index contributed by atoms with van der Waals surface area (Å²) < 4.78 is 0. The third kappa shape index (κ3) is 7.08. The number of rotatable bonds is 3. The van der Waals surface area contributed by atoms with Crippen LogP contribution in [0.4, 0.5) is 0 Å². The zero-order valence-electron chi connectivity index (χ0n) is 6.06. The van der Waals surface area contributed by atoms with Gasteiger partial charge in [-0.15, -0.1) is 24.2 Å². The van der Waals surface area contributed by atoms with Crippen LogP contribution in [0.3, 0.4) is 0 Å². The van der Waals surface area contributed by atoms with Crippen LogP contribution in [-0.4, -0.2) is 11.7 Å². The van der Waals surface area contributed by atoms with E-state index in [1.54, 1.807) is 0 Å². The summed E-state index contributed by atoms with van der Waals surface area (Å²) in [5.74, 6) is 8.28. The highest BCUT2D eigenvalue weighted by atomic mass is 16.2. The Kier molecular flexibility index (Phi) is 7.34. The van der Waals surface area contributed by atoms with E-state index in [2.05, 4.69) is 17.8 Å². The molecule has 0 rings (SSSR count). The molecular weight excluding hydrogens is 124 g/mol. The summed E-state index contributed by atoms with van der Waals surface area (Å²) in [5, 5.41) is 8.33. The lowest BCUT2D eigenvalue weighted by Crippen LogP contribution is -1.76. The van der Waals surface area contributed by atoms with E-state index >= 15 is 0 Å². The van der Waals surface area contributed by atoms with Gasteiger partial charge in [0.15, 0.2) is 0 Å². The van der Waals surface area contributed by atoms with Crippen molar-refractivity contribution in [3.63, 3.8) is 0 Å². The molecule has 0 aliphatic heterocycles. The summed E-state index contributed by atoms with van der Waals surface area (Å²) in [7, 11) is 0. The molecular formula is C9H12O. The molecule has 0 bridgehead atoms. The summed E-state index contributed by atoms with van der Waals surface area (Å²) in [5.41, 5.74) is 0. The zero-order chi connectivity index (χ0) is 7.66. The van der Waals surface area contributed by atoms with E-state index in [0.29, 0.717) is 6.42 Å². The summed E-state index contributed by atoms with van der Waals surface area (Å²) in [6.07, 6.45) is 8.23. The molecule has 0 aromatic carbocycles. The molecule has 1 heteroatoms. The second-order valence-electron chi connectivity index (χ2n) is 1.88. The first kappa shape index (κ1) is 9.08. The molecule has 0 aromatic heterocycles. The largest absolute Gasteiger partial charge is 0.395 e. The van der Waals surface area contributed by atoms with Gasteiger partial charge in [0.25, 0.3) is 0 Å². The highest BCUT2D eigenvalue weighted by Gasteiger charge is 1.77. The quantitative estimate of drug-likeness (QED) is 0.456. The summed E-state index contributed by atoms with van der Waals surface area (Å²) in [4.78, 5) is 0. The first-order chi connectivity index (χ1) is 4.91. The third-order valence-electron chi connectivity index (χ3n) is 0.985. The van der Waals surface area contributed by atoms with Gasteiger partial charge in [-0.25, -0.2) is 0 Å². The number of unbranched alkanes of at least 4 members (excludes halogenated alkanes) is 2. The van der Waals surface area contributed by atoms with E-state index in [0.717, 1.165) is 19.3 Å². The molecule has 1 N–H and O–H groups in total. The maximum atomic E-state index is 8.33. The number of terminal acetylenes is 1. The van der Waals surface area contributed by atoms with Crippen molar-refractivity contribution in [3.8, 4) is 24.2 Å². The predicted octanol–water partition coefficient (Wildman–Crippen LogP) is 1.18. The van der Waals surface area contributed by atoms with Crippen molar-refractivity contribution in [2.75, 3.05) is 6.61 Å². The Morgan fingerprint density at radius 3 is 2.40 bits per heavy atom. The van der Waals surface area contributed by atoms with Crippen LogP contribution in [0.2, 0.25) is 0 Å². The molecule has 0 unspecified atom stereocenters. The molecule has 0 radical (unpaired) electrons. The molecule has 0 aromatic rings. The average molecular weight is 136 g/mol. The molecule has 0 amide bonds. The molecule has 10 heavy (non-hydrogen) atoms. The Balaban J connectivity index is 3.05. The summed E-state index contributed by atoms with van der Waals surface area (Å²) >= 11 is 0. The van der Waals surface area contributed by atoms with Crippen LogP contribution in [0.25, 0.3) is 0 Å². The fraction of sp³-hybridized carbons (Fsp3) is 0.556. The van der Waals surface area contributed by atoms with Crippen LogP contribution in [0, 0.1) is 24.2 Å². The van der Waals surface area contributed by atoms with Gasteiger partial charge in [-0.3, -0.25) is 0 Å². The van der Waals surface area contributed by atoms with E-state index < -0.39 is 0 Å². The van der Waals surface area contributed by atoms with Gasteiger partial charge < -0.3 is 5.11 Å². The smallest absolute Gasteiger partial charge is 0.0540 e. The molecule has 0 saturated carbocycles. The van der Waals surface area contributed by atoms with Gasteiger partial charge in [-0.1, -0.05) is 0 Å². The second-order valence-corrected chi connectivity index (χ2v) is 1.88. The monoisotopic (exact) mass is 136 g/mol. The lowest BCUT2D eigenvalue weighted by atomic mass is 10.2. The summed E-state index contributed by atoms with van der Waals surface area (Å²) in [6, 6.07) is 0. The Hall–Kier alpha value is -0.920. The van der Waals surface area contributed by atoms with Gasteiger partial charge in [0.1, 0.15) is 0 Å². The Morgan fingerprint density at radius 1 is 1.10 bits per heavy atom. The molecule has 54 valence electrons. The molecule has 0 aliphatic rings. The standard InChI is InChI=1S/C9H12O/c1-2-3-4-5-6-7-8-9-10/h1,10H,3-5,8-9H2. The maximum Gasteiger partial charge on any atom is 0.0540 e. The normalized spacial score (nSPS) is 7.60. The van der Waals surface area contributed by atoms with E-state index in [4.69, 9.17) is 11.5 Å². The SMILES string of the molecule is C#CCCCC#CCCO. The maximum absolute atomic E-state index is 8.33. The Morgan fingerprint density at radius 2 is 1.80 bits per heavy atom. The van der Waals surface area contributed by atoms with Crippen molar-refractivity contribution in [1.29, 1.82) is 0 Å². The number of aliphatic hydroxyl groups is 1. The Labute approximate surface area is 62.5 Å². The van der Waals surface area contributed by atoms with Crippen molar-refractivity contribution in [2.24, 2.45) is 0 Å². The minimum absolute atomic E-state index is 0.155. The van der Waals surface area contributed by atoms with Crippen molar-refractivity contribution in [3.05, 3.63) is 0 Å². The van der Waals surface area contributed by atoms with Crippen LogP contribution in [0.1, 0.15) is 25.7 Å². The summed E-state index contributed by atoms with van der Waals surface area (Å²) in [6.45, 7) is 0.155. The van der Waals surface area contributed by atoms with E-state index in [9.17, 15) is 0 Å². The van der Waals surface area contributed by atoms with Gasteiger partial charge in [0.2, 0.25) is 0 Å². The number of hydrogen-bond acceptors (Lipinski definition) is 1. The predicted molar refractivity (Wildman–Crippen MR) is 42.2 cm³/mol. The van der Waals surface area contributed by atoms with Crippen LogP contribution in [-0.2, 0) is 0 Å². The van der Waals surface area contributed by atoms with E-state index in [1.165, 1.54) is 0 Å². The second kappa shape index (κ2) is 8.08. The van der Waals surface area contributed by atoms with Crippen LogP contribution < -0.4 is 0 Å². The van der Waals surface area contributed by atoms with Crippen LogP contribution in [0.5, 0.6) is 0 Å². The first-order valence-corrected chi connectivity index (χ1v) is 3.42. The molecule has 0 aliphatic carbocycles. The van der Waals surface area contributed by atoms with Gasteiger partial charge in [0.05, 0.1) is 6.61 Å². The van der Waals surface area contributed by atoms with Crippen molar-refractivity contribution in [2.45, 2.75) is 25.7 Å². The number of aliphatic hydroxyl groups excluding tert-OH is 1. The fourth-order valence-corrected chi connectivity index (χ4v) is 0.512. The average Bonchev–Trinajstić information content (AvgIpc) is 1.97. The van der Waals surface area contributed by atoms with E-state index in [1.807, 2.05) is 0 Å². The molecule has 0 saturated heterocycles. The van der Waals surface area contributed by atoms with Crippen LogP contribution >= 0.6 is 0 Å². The molecule has 0 atom stereocenters. The minimum atomic E-state index is 0.155. The lowest BCUT2D eigenvalue weighted by Gasteiger charge is -1.83. The fourth-order valence-electron chi connectivity index (χ4n) is 0.512. The molecule has 0 heterocycles. The molecule has 1 nitrogen and oxygen atoms in total. The topological polar surface area (TPSA) is 20.2 Å². The highest BCUT2D eigenvalue weighted by Crippen LogP contribution is 1.90. The molecule has 0 fully saturated rings. The first-order valence-electron chi connectivity index (χ1n) is 3.42. The van der Waals surface area contributed by atoms with Crippen molar-refractivity contribution < 1.29 is 5.11 Å². The van der Waals surface area contributed by atoms with Crippen LogP contribution in [0.15, 0.2) is 0 Å². The Bertz CT molecular complexity index is 154. The molecule has 0 spiro atoms. The van der Waals surface area contributed by atoms with Gasteiger partial charge >= 0.3 is 0 Å². The minimum Gasteiger partial charge on any atom is -0.395 e.